The van der Waals surface area contributed by atoms with Gasteiger partial charge in [0.05, 0.1) is 25.0 Å². The van der Waals surface area contributed by atoms with Crippen LogP contribution in [0.25, 0.3) is 0 Å². The van der Waals surface area contributed by atoms with Crippen LogP contribution in [0.2, 0.25) is 0 Å². The van der Waals surface area contributed by atoms with E-state index in [0.29, 0.717) is 89.9 Å². The second kappa shape index (κ2) is 66.7. The first kappa shape index (κ1) is 119. The summed E-state index contributed by atoms with van der Waals surface area (Å²) in [5.74, 6) is 1.49. The number of carboxylic acids is 4. The first-order valence-electron chi connectivity index (χ1n) is 41.6. The molecule has 0 aromatic carbocycles. The topological polar surface area (TPSA) is 751 Å². The van der Waals surface area contributed by atoms with E-state index in [1.54, 1.807) is 34.6 Å². The number of likely N-dealkylation sites (tertiary alicyclic amines) is 2. The lowest BCUT2D eigenvalue weighted by atomic mass is 9.93. The minimum Gasteiger partial charge on any atom is -0.481 e. The van der Waals surface area contributed by atoms with Gasteiger partial charge in [-0.1, -0.05) is 121 Å². The van der Waals surface area contributed by atoms with Gasteiger partial charge < -0.3 is 25.5 Å². The van der Waals surface area contributed by atoms with Crippen LogP contribution in [0.15, 0.2) is 36.5 Å². The number of carbonyl (C=O) groups excluding carboxylic acids is 20. The van der Waals surface area contributed by atoms with Crippen LogP contribution in [-0.4, -0.2) is 231 Å². The fraction of sp³-hybridized carbons (Fsp3) is 0.625. The monoisotopic (exact) mass is 1820 g/mol. The zero-order valence-corrected chi connectivity index (χ0v) is 74.6. The van der Waals surface area contributed by atoms with Crippen molar-refractivity contribution in [2.45, 2.75) is 224 Å². The summed E-state index contributed by atoms with van der Waals surface area (Å²) in [5, 5.41) is 40.7. The number of carbonyl (C=O) groups is 24. The highest BCUT2D eigenvalue weighted by Gasteiger charge is 2.39. The Morgan fingerprint density at radius 1 is 0.344 bits per heavy atom. The highest BCUT2D eigenvalue weighted by atomic mass is 16.4. The molecule has 128 heavy (non-hydrogen) atoms. The van der Waals surface area contributed by atoms with Gasteiger partial charge in [0.2, 0.25) is 59.1 Å². The number of hydrogen-bond acceptors (Lipinski definition) is 29. The van der Waals surface area contributed by atoms with Crippen molar-refractivity contribution in [1.82, 2.24) is 78.8 Å². The van der Waals surface area contributed by atoms with Gasteiger partial charge in [0, 0.05) is 110 Å². The van der Waals surface area contributed by atoms with E-state index >= 15 is 0 Å². The molecule has 0 aromatic heterocycles. The third-order valence-electron chi connectivity index (χ3n) is 19.3. The smallest absolute Gasteiger partial charge is 0.306 e. The molecule has 720 valence electrons. The minimum absolute atomic E-state index is 0.0544. The molecular weight excluding hydrogens is 1690 g/mol. The summed E-state index contributed by atoms with van der Waals surface area (Å²) in [6.07, 6.45) is 19.3. The van der Waals surface area contributed by atoms with Crippen molar-refractivity contribution < 1.29 is 141 Å². The number of nitrogens with zero attached hydrogens (tertiary/aromatic N) is 5. The zero-order valence-electron chi connectivity index (χ0n) is 74.6. The van der Waals surface area contributed by atoms with E-state index in [2.05, 4.69) is 65.9 Å². The van der Waals surface area contributed by atoms with Gasteiger partial charge in [-0.25, -0.2) is 11.7 Å². The summed E-state index contributed by atoms with van der Waals surface area (Å²) in [5.41, 5.74) is 22.3. The molecule has 0 aromatic rings. The van der Waals surface area contributed by atoms with Crippen molar-refractivity contribution in [3.8, 4) is 0 Å². The molecule has 2 saturated heterocycles. The number of nitrogens with one attached hydrogen (secondary N) is 10. The number of imide groups is 5. The SMILES string of the molecule is CC(=O)O.CC(=O)O.CCCC(CCCC(C)C(=O)NN)C(=O)NN.CCCC(CCCC(C)C(=O)NNC(=O)CN1C(=O)C=CC1=O)C(=O)NNC(=O)CN1C(=O)C=CC1=O.CCCC(CCCC(C)C(=O)NNC(=O)CN1C(=O)CC(C)C1=O)C(=O)NNC(=O)CN1C(=O)CC(C)C1=O.CCCC(CCCC(C)C(=O)O)C(=O)O.NN.O=C1C=CC(=O)N1CCO. The normalized spacial score (nSPS) is 16.3. The molecular formula is C80H131N19O29. The van der Waals surface area contributed by atoms with E-state index in [1.807, 2.05) is 34.6 Å². The van der Waals surface area contributed by atoms with Crippen molar-refractivity contribution in [3.05, 3.63) is 36.5 Å². The maximum Gasteiger partial charge on any atom is 0.306 e. The molecule has 5 rings (SSSR count). The molecule has 0 bridgehead atoms. The van der Waals surface area contributed by atoms with Gasteiger partial charge in [-0.15, -0.1) is 0 Å². The van der Waals surface area contributed by atoms with Crippen LogP contribution < -0.4 is 77.6 Å². The van der Waals surface area contributed by atoms with E-state index in [-0.39, 0.29) is 73.3 Å². The van der Waals surface area contributed by atoms with Crippen LogP contribution in [0.1, 0.15) is 224 Å². The second-order valence-electron chi connectivity index (χ2n) is 30.1. The maximum atomic E-state index is 12.6. The number of nitrogens with two attached hydrogens (primary N) is 4. The molecule has 23 N–H and O–H groups in total. The summed E-state index contributed by atoms with van der Waals surface area (Å²) in [6, 6.07) is 0. The number of hydrogen-bond donors (Lipinski definition) is 19. The first-order valence-corrected chi connectivity index (χ1v) is 41.6. The molecule has 10 unspecified atom stereocenters. The number of rotatable bonds is 42. The molecule has 5 heterocycles. The van der Waals surface area contributed by atoms with Crippen molar-refractivity contribution >= 4 is 142 Å². The Kier molecular flexibility index (Phi) is 62.3. The number of hydrazine groups is 7. The van der Waals surface area contributed by atoms with Gasteiger partial charge in [-0.3, -0.25) is 206 Å². The van der Waals surface area contributed by atoms with Gasteiger partial charge in [-0.05, 0) is 77.0 Å². The number of amides is 20. The van der Waals surface area contributed by atoms with Gasteiger partial charge in [0.1, 0.15) is 26.2 Å². The number of aliphatic hydroxyl groups is 1. The summed E-state index contributed by atoms with van der Waals surface area (Å²) in [7, 11) is 0. The molecule has 0 spiro atoms. The van der Waals surface area contributed by atoms with E-state index in [0.717, 1.165) is 101 Å². The van der Waals surface area contributed by atoms with Crippen LogP contribution in [0.3, 0.4) is 0 Å². The average molecular weight is 1820 g/mol. The number of aliphatic carboxylic acids is 4. The average Bonchev–Trinajstić information content (AvgIpc) is 2.44. The third-order valence-corrected chi connectivity index (χ3v) is 19.3. The highest BCUT2D eigenvalue weighted by Crippen LogP contribution is 2.24. The van der Waals surface area contributed by atoms with Gasteiger partial charge >= 0.3 is 11.9 Å². The van der Waals surface area contributed by atoms with Gasteiger partial charge in [0.25, 0.3) is 71.0 Å². The number of β-amino-alcohol motifs (C(OH)–C–C–N with tert-alkyl or cyclic N) is 1. The highest BCUT2D eigenvalue weighted by molar-refractivity contribution is 6.16. The molecule has 48 nitrogen and oxygen atoms in total. The maximum absolute atomic E-state index is 12.6. The molecule has 5 aliphatic rings. The summed E-state index contributed by atoms with van der Waals surface area (Å²) >= 11 is 0. The lowest BCUT2D eigenvalue weighted by Gasteiger charge is -2.19. The van der Waals surface area contributed by atoms with E-state index in [9.17, 15) is 105 Å². The first-order chi connectivity index (χ1) is 60.1. The minimum atomic E-state index is -0.833. The Bertz CT molecular complexity index is 3820. The molecule has 0 aliphatic carbocycles. The zero-order chi connectivity index (χ0) is 98.6. The second-order valence-corrected chi connectivity index (χ2v) is 30.1. The van der Waals surface area contributed by atoms with E-state index in [1.165, 1.54) is 12.2 Å². The standard InChI is InChI=1S/C25H38N6O8.C23H30N6O8.C11H24N4O2.C11H20O4.C6H7NO3.2C2H4O2.H4N2/c1-5-7-17(23(37)29-27-19(33)13-31-21(35)11-16(4)25(31)39)9-6-8-14(2)22(36)28-26-18(32)12-30-20(34)10-15(3)24(30)38;1-3-5-15(23(37)27-25-17(31)13-29-20(34)10-11-21(29)35)7-4-6-14(2)22(36)26-24-16(30)12-28-18(32)8-9-19(28)33;1-3-5-9(11(17)15-13)7-4-6-8(2)10(16)14-12;1-3-5-9(11(14)15)7-4-6-8(2)10(12)13;8-4-3-7-5(9)1-2-6(7)10;2*1-2(3)4;1-2/h14-17H,5-13H2,1-4H3,(H,26,32)(H,27,33)(H,28,36)(H,29,37);8-11,14-15H,3-7,12-13H2,1-2H3,(H,24,30)(H,25,31)(H,26,36)(H,27,37);8-9H,3-7,12-13H2,1-2H3,(H,14,16)(H,15,17);8-9H,3-7H2,1-2H3,(H,12,13)(H,14,15);1-2,8H,3-4H2;2*1H3,(H,3,4);1-2H2. The van der Waals surface area contributed by atoms with Gasteiger partial charge in [0.15, 0.2) is 0 Å². The summed E-state index contributed by atoms with van der Waals surface area (Å²) in [4.78, 5) is 279. The Morgan fingerprint density at radius 2 is 0.586 bits per heavy atom. The fourth-order valence-electron chi connectivity index (χ4n) is 12.1. The third kappa shape index (κ3) is 49.9. The predicted octanol–water partition coefficient (Wildman–Crippen LogP) is -1.88. The Hall–Kier alpha value is -12.7. The van der Waals surface area contributed by atoms with Crippen molar-refractivity contribution in [3.63, 3.8) is 0 Å². The Morgan fingerprint density at radius 3 is 0.836 bits per heavy atom. The van der Waals surface area contributed by atoms with Crippen molar-refractivity contribution in [1.29, 1.82) is 0 Å². The van der Waals surface area contributed by atoms with Crippen molar-refractivity contribution in [2.24, 2.45) is 82.5 Å². The molecule has 2 fully saturated rings. The molecule has 10 atom stereocenters. The Labute approximate surface area is 741 Å². The molecule has 20 amide bonds. The predicted molar refractivity (Wildman–Crippen MR) is 451 cm³/mol. The summed E-state index contributed by atoms with van der Waals surface area (Å²) < 4.78 is 0. The quantitative estimate of drug-likeness (QED) is 0.0138. The lowest BCUT2D eigenvalue weighted by molar-refractivity contribution is -0.144. The largest absolute Gasteiger partial charge is 0.481 e. The molecule has 0 saturated carbocycles. The van der Waals surface area contributed by atoms with E-state index in [4.69, 9.17) is 46.8 Å². The van der Waals surface area contributed by atoms with Crippen molar-refractivity contribution in [2.75, 3.05) is 39.3 Å². The van der Waals surface area contributed by atoms with Crippen LogP contribution in [0, 0.1) is 59.2 Å². The fourth-order valence-corrected chi connectivity index (χ4v) is 12.1. The van der Waals surface area contributed by atoms with E-state index < -0.39 is 180 Å². The van der Waals surface area contributed by atoms with Gasteiger partial charge in [-0.2, -0.15) is 0 Å². The lowest BCUT2D eigenvalue weighted by Crippen LogP contribution is -2.49. The Balaban J connectivity index is -0.00000160. The van der Waals surface area contributed by atoms with Crippen LogP contribution >= 0.6 is 0 Å². The molecule has 5 aliphatic heterocycles. The van der Waals surface area contributed by atoms with Crippen LogP contribution in [-0.2, 0) is 115 Å². The number of aliphatic hydroxyl groups excluding tert-OH is 1. The number of carboxylic acid groups (broad SMARTS) is 4. The summed E-state index contributed by atoms with van der Waals surface area (Å²) in [6.45, 7) is 17.9. The van der Waals surface area contributed by atoms with Crippen LogP contribution in [0.5, 0.6) is 0 Å². The van der Waals surface area contributed by atoms with Crippen LogP contribution in [0.4, 0.5) is 0 Å². The molecule has 48 heteroatoms. The molecule has 0 radical (unpaired) electrons.